The molecule has 2 rings (SSSR count). The summed E-state index contributed by atoms with van der Waals surface area (Å²) in [4.78, 5) is 0. The van der Waals surface area contributed by atoms with Crippen LogP contribution in [0, 0.1) is 5.92 Å². The van der Waals surface area contributed by atoms with Gasteiger partial charge in [0.25, 0.3) is 0 Å². The molecule has 1 heterocycles. The molecule has 1 fully saturated rings. The summed E-state index contributed by atoms with van der Waals surface area (Å²) >= 11 is 0. The summed E-state index contributed by atoms with van der Waals surface area (Å²) in [6.07, 6.45) is 2.24. The van der Waals surface area contributed by atoms with Gasteiger partial charge in [-0.15, -0.1) is 0 Å². The Morgan fingerprint density at radius 3 is 2.83 bits per heavy atom. The Bertz CT molecular complexity index is 331. The van der Waals surface area contributed by atoms with Crippen LogP contribution in [-0.4, -0.2) is 26.4 Å². The Labute approximate surface area is 109 Å². The lowest BCUT2D eigenvalue weighted by Crippen LogP contribution is -2.22. The molecule has 0 radical (unpaired) electrons. The summed E-state index contributed by atoms with van der Waals surface area (Å²) < 4.78 is 10.9. The van der Waals surface area contributed by atoms with Gasteiger partial charge in [-0.2, -0.15) is 0 Å². The molecule has 0 spiro atoms. The monoisotopic (exact) mass is 249 g/mol. The highest BCUT2D eigenvalue weighted by molar-refractivity contribution is 5.27. The summed E-state index contributed by atoms with van der Waals surface area (Å²) in [5.74, 6) is 1.65. The lowest BCUT2D eigenvalue weighted by Gasteiger charge is -2.10. The Morgan fingerprint density at radius 2 is 2.17 bits per heavy atom. The second-order valence-corrected chi connectivity index (χ2v) is 4.85. The summed E-state index contributed by atoms with van der Waals surface area (Å²) in [5.41, 5.74) is 1.30. The number of hydrogen-bond acceptors (Lipinski definition) is 3. The molecule has 0 bridgehead atoms. The zero-order chi connectivity index (χ0) is 12.6. The molecule has 1 N–H and O–H groups in total. The van der Waals surface area contributed by atoms with Gasteiger partial charge in [-0.3, -0.25) is 0 Å². The van der Waals surface area contributed by atoms with Crippen LogP contribution in [0.3, 0.4) is 0 Å². The normalized spacial score (nSPS) is 19.1. The third kappa shape index (κ3) is 4.31. The van der Waals surface area contributed by atoms with E-state index < -0.39 is 0 Å². The molecule has 100 valence electrons. The van der Waals surface area contributed by atoms with E-state index in [4.69, 9.17) is 9.47 Å². The predicted octanol–water partition coefficient (Wildman–Crippen LogP) is 2.60. The topological polar surface area (TPSA) is 30.5 Å². The summed E-state index contributed by atoms with van der Waals surface area (Å²) in [7, 11) is 0. The van der Waals surface area contributed by atoms with E-state index in [2.05, 4.69) is 24.4 Å². The highest BCUT2D eigenvalue weighted by Crippen LogP contribution is 2.13. The zero-order valence-corrected chi connectivity index (χ0v) is 11.2. The fourth-order valence-corrected chi connectivity index (χ4v) is 2.09. The SMILES string of the molecule is CCCOc1ccc(CNCC2CCOC2)cc1. The Balaban J connectivity index is 1.68. The van der Waals surface area contributed by atoms with Crippen molar-refractivity contribution in [2.45, 2.75) is 26.3 Å². The maximum atomic E-state index is 5.56. The fourth-order valence-electron chi connectivity index (χ4n) is 2.09. The summed E-state index contributed by atoms with van der Waals surface area (Å²) in [6, 6.07) is 8.35. The van der Waals surface area contributed by atoms with Crippen LogP contribution in [0.25, 0.3) is 0 Å². The molecule has 1 unspecified atom stereocenters. The van der Waals surface area contributed by atoms with Crippen molar-refractivity contribution in [1.82, 2.24) is 5.32 Å². The molecule has 1 aliphatic rings. The first kappa shape index (κ1) is 13.4. The van der Waals surface area contributed by atoms with Gasteiger partial charge in [0.2, 0.25) is 0 Å². The van der Waals surface area contributed by atoms with E-state index in [1.54, 1.807) is 0 Å². The second kappa shape index (κ2) is 7.39. The van der Waals surface area contributed by atoms with Crippen LogP contribution in [0.1, 0.15) is 25.3 Å². The van der Waals surface area contributed by atoms with E-state index in [0.717, 1.165) is 45.1 Å². The first-order chi connectivity index (χ1) is 8.88. The van der Waals surface area contributed by atoms with Gasteiger partial charge in [-0.25, -0.2) is 0 Å². The van der Waals surface area contributed by atoms with Crippen LogP contribution in [0.4, 0.5) is 0 Å². The first-order valence-electron chi connectivity index (χ1n) is 6.88. The van der Waals surface area contributed by atoms with E-state index in [-0.39, 0.29) is 0 Å². The maximum Gasteiger partial charge on any atom is 0.119 e. The molecule has 0 amide bonds. The van der Waals surface area contributed by atoms with Crippen molar-refractivity contribution in [2.24, 2.45) is 5.92 Å². The molecule has 1 atom stereocenters. The van der Waals surface area contributed by atoms with Gasteiger partial charge in [0.05, 0.1) is 13.2 Å². The fraction of sp³-hybridized carbons (Fsp3) is 0.600. The van der Waals surface area contributed by atoms with E-state index in [1.165, 1.54) is 12.0 Å². The van der Waals surface area contributed by atoms with E-state index in [1.807, 2.05) is 12.1 Å². The lowest BCUT2D eigenvalue weighted by molar-refractivity contribution is 0.185. The average Bonchev–Trinajstić information content (AvgIpc) is 2.91. The minimum atomic E-state index is 0.692. The van der Waals surface area contributed by atoms with Gasteiger partial charge in [0, 0.05) is 19.7 Å². The number of nitrogens with one attached hydrogen (secondary N) is 1. The molecular formula is C15H23NO2. The van der Waals surface area contributed by atoms with Gasteiger partial charge in [0.1, 0.15) is 5.75 Å². The van der Waals surface area contributed by atoms with Crippen LogP contribution in [-0.2, 0) is 11.3 Å². The van der Waals surface area contributed by atoms with Crippen molar-refractivity contribution < 1.29 is 9.47 Å². The highest BCUT2D eigenvalue weighted by Gasteiger charge is 2.14. The molecule has 3 nitrogen and oxygen atoms in total. The largest absolute Gasteiger partial charge is 0.494 e. The molecule has 1 aliphatic heterocycles. The van der Waals surface area contributed by atoms with Crippen LogP contribution < -0.4 is 10.1 Å². The van der Waals surface area contributed by atoms with Gasteiger partial charge in [0.15, 0.2) is 0 Å². The minimum absolute atomic E-state index is 0.692. The minimum Gasteiger partial charge on any atom is -0.494 e. The van der Waals surface area contributed by atoms with Crippen molar-refractivity contribution in [1.29, 1.82) is 0 Å². The van der Waals surface area contributed by atoms with Gasteiger partial charge in [-0.1, -0.05) is 19.1 Å². The van der Waals surface area contributed by atoms with Crippen molar-refractivity contribution in [3.63, 3.8) is 0 Å². The number of ether oxygens (including phenoxy) is 2. The van der Waals surface area contributed by atoms with Gasteiger partial charge < -0.3 is 14.8 Å². The molecule has 1 saturated heterocycles. The number of benzene rings is 1. The van der Waals surface area contributed by atoms with Crippen LogP contribution in [0.15, 0.2) is 24.3 Å². The van der Waals surface area contributed by atoms with Gasteiger partial charge in [-0.05, 0) is 36.5 Å². The third-order valence-electron chi connectivity index (χ3n) is 3.18. The maximum absolute atomic E-state index is 5.56. The quantitative estimate of drug-likeness (QED) is 0.805. The molecule has 0 saturated carbocycles. The molecular weight excluding hydrogens is 226 g/mol. The summed E-state index contributed by atoms with van der Waals surface area (Å²) in [5, 5.41) is 3.49. The molecule has 1 aromatic carbocycles. The zero-order valence-electron chi connectivity index (χ0n) is 11.2. The van der Waals surface area contributed by atoms with Crippen LogP contribution in [0.2, 0.25) is 0 Å². The van der Waals surface area contributed by atoms with Crippen molar-refractivity contribution in [2.75, 3.05) is 26.4 Å². The second-order valence-electron chi connectivity index (χ2n) is 4.85. The predicted molar refractivity (Wildman–Crippen MR) is 72.9 cm³/mol. The third-order valence-corrected chi connectivity index (χ3v) is 3.18. The number of rotatable bonds is 7. The van der Waals surface area contributed by atoms with Gasteiger partial charge >= 0.3 is 0 Å². The standard InChI is InChI=1S/C15H23NO2/c1-2-8-18-15-5-3-13(4-6-15)10-16-11-14-7-9-17-12-14/h3-6,14,16H,2,7-12H2,1H3. The Morgan fingerprint density at radius 1 is 1.33 bits per heavy atom. The Hall–Kier alpha value is -1.06. The van der Waals surface area contributed by atoms with Crippen LogP contribution >= 0.6 is 0 Å². The van der Waals surface area contributed by atoms with E-state index >= 15 is 0 Å². The lowest BCUT2D eigenvalue weighted by atomic mass is 10.1. The number of hydrogen-bond donors (Lipinski definition) is 1. The molecule has 1 aromatic rings. The van der Waals surface area contributed by atoms with E-state index in [9.17, 15) is 0 Å². The van der Waals surface area contributed by atoms with E-state index in [0.29, 0.717) is 5.92 Å². The van der Waals surface area contributed by atoms with Crippen molar-refractivity contribution in [3.8, 4) is 5.75 Å². The first-order valence-corrected chi connectivity index (χ1v) is 6.88. The average molecular weight is 249 g/mol. The summed E-state index contributed by atoms with van der Waals surface area (Å²) in [6.45, 7) is 6.72. The van der Waals surface area contributed by atoms with Crippen molar-refractivity contribution in [3.05, 3.63) is 29.8 Å². The van der Waals surface area contributed by atoms with Crippen molar-refractivity contribution >= 4 is 0 Å². The molecule has 3 heteroatoms. The molecule has 0 aliphatic carbocycles. The van der Waals surface area contributed by atoms with Crippen LogP contribution in [0.5, 0.6) is 5.75 Å². The molecule has 0 aromatic heterocycles. The molecule has 18 heavy (non-hydrogen) atoms. The highest BCUT2D eigenvalue weighted by atomic mass is 16.5. The Kier molecular flexibility index (Phi) is 5.49. The smallest absolute Gasteiger partial charge is 0.119 e.